The van der Waals surface area contributed by atoms with Gasteiger partial charge >= 0.3 is 0 Å². The van der Waals surface area contributed by atoms with E-state index in [0.29, 0.717) is 5.92 Å². The van der Waals surface area contributed by atoms with Gasteiger partial charge in [0.2, 0.25) is 0 Å². The standard InChI is InChI=1S/C15H21N3O2/c1-17(15(19)13-3-2-8-20-11-13)9-12-4-5-14-16-6-7-18(14)10-12/h6-7,11-12H,2-5,8-10H2,1H3/t12-/m0/s1. The van der Waals surface area contributed by atoms with E-state index >= 15 is 0 Å². The van der Waals surface area contributed by atoms with Gasteiger partial charge in [-0.05, 0) is 25.2 Å². The zero-order chi connectivity index (χ0) is 13.9. The Bertz CT molecular complexity index is 521. The van der Waals surface area contributed by atoms with Crippen LogP contribution in [0.5, 0.6) is 0 Å². The molecule has 0 N–H and O–H groups in total. The van der Waals surface area contributed by atoms with Gasteiger partial charge in [-0.1, -0.05) is 0 Å². The highest BCUT2D eigenvalue weighted by molar-refractivity contribution is 5.93. The molecule has 3 heterocycles. The van der Waals surface area contributed by atoms with E-state index < -0.39 is 0 Å². The van der Waals surface area contributed by atoms with Gasteiger partial charge in [-0.2, -0.15) is 0 Å². The highest BCUT2D eigenvalue weighted by Gasteiger charge is 2.23. The third-order valence-corrected chi connectivity index (χ3v) is 4.12. The van der Waals surface area contributed by atoms with Crippen LogP contribution in [0.2, 0.25) is 0 Å². The number of rotatable bonds is 3. The van der Waals surface area contributed by atoms with Crippen LogP contribution < -0.4 is 0 Å². The molecular weight excluding hydrogens is 254 g/mol. The molecule has 0 aromatic carbocycles. The first kappa shape index (κ1) is 13.2. The van der Waals surface area contributed by atoms with Gasteiger partial charge in [-0.3, -0.25) is 4.79 Å². The van der Waals surface area contributed by atoms with E-state index in [-0.39, 0.29) is 5.91 Å². The highest BCUT2D eigenvalue weighted by atomic mass is 16.5. The number of ether oxygens (including phenoxy) is 1. The Labute approximate surface area is 119 Å². The summed E-state index contributed by atoms with van der Waals surface area (Å²) >= 11 is 0. The van der Waals surface area contributed by atoms with Crippen molar-refractivity contribution in [3.63, 3.8) is 0 Å². The Balaban J connectivity index is 1.58. The van der Waals surface area contributed by atoms with E-state index in [1.165, 1.54) is 5.82 Å². The molecule has 0 unspecified atom stereocenters. The predicted molar refractivity (Wildman–Crippen MR) is 74.9 cm³/mol. The summed E-state index contributed by atoms with van der Waals surface area (Å²) in [4.78, 5) is 18.5. The Kier molecular flexibility index (Phi) is 3.76. The Morgan fingerprint density at radius 2 is 2.45 bits per heavy atom. The molecular formula is C15H21N3O2. The summed E-state index contributed by atoms with van der Waals surface area (Å²) in [6.07, 6.45) is 9.40. The molecule has 108 valence electrons. The number of likely N-dealkylation sites (N-methyl/N-ethyl adjacent to an activating group) is 1. The number of aryl methyl sites for hydroxylation is 1. The highest BCUT2D eigenvalue weighted by Crippen LogP contribution is 2.21. The lowest BCUT2D eigenvalue weighted by Crippen LogP contribution is -2.36. The summed E-state index contributed by atoms with van der Waals surface area (Å²) in [6.45, 7) is 2.49. The Morgan fingerprint density at radius 1 is 1.55 bits per heavy atom. The summed E-state index contributed by atoms with van der Waals surface area (Å²) in [5, 5.41) is 0. The second-order valence-corrected chi connectivity index (χ2v) is 5.70. The van der Waals surface area contributed by atoms with Gasteiger partial charge in [-0.25, -0.2) is 4.98 Å². The van der Waals surface area contributed by atoms with E-state index in [1.807, 2.05) is 24.3 Å². The third kappa shape index (κ3) is 2.71. The van der Waals surface area contributed by atoms with Crippen LogP contribution in [0.15, 0.2) is 24.2 Å². The Hall–Kier alpha value is -1.78. The summed E-state index contributed by atoms with van der Waals surface area (Å²) in [5.41, 5.74) is 0.804. The normalized spacial score (nSPS) is 21.6. The van der Waals surface area contributed by atoms with Crippen LogP contribution in [0.3, 0.4) is 0 Å². The molecule has 1 amide bonds. The molecule has 1 aromatic rings. The molecule has 5 nitrogen and oxygen atoms in total. The summed E-state index contributed by atoms with van der Waals surface area (Å²) in [7, 11) is 1.89. The fourth-order valence-electron chi connectivity index (χ4n) is 3.02. The first-order chi connectivity index (χ1) is 9.74. The third-order valence-electron chi connectivity index (χ3n) is 4.12. The van der Waals surface area contributed by atoms with Crippen LogP contribution in [0, 0.1) is 5.92 Å². The molecule has 1 aromatic heterocycles. The molecule has 0 bridgehead atoms. The van der Waals surface area contributed by atoms with E-state index in [0.717, 1.165) is 51.0 Å². The fourth-order valence-corrected chi connectivity index (χ4v) is 3.02. The molecule has 2 aliphatic rings. The minimum atomic E-state index is 0.112. The zero-order valence-corrected chi connectivity index (χ0v) is 11.9. The number of hydrogen-bond donors (Lipinski definition) is 0. The average Bonchev–Trinajstić information content (AvgIpc) is 2.95. The largest absolute Gasteiger partial charge is 0.501 e. The van der Waals surface area contributed by atoms with Gasteiger partial charge in [0.05, 0.1) is 18.4 Å². The van der Waals surface area contributed by atoms with Crippen LogP contribution in [0.1, 0.15) is 25.1 Å². The van der Waals surface area contributed by atoms with Gasteiger partial charge in [0, 0.05) is 39.0 Å². The SMILES string of the molecule is CN(C[C@@H]1CCc2nccn2C1)C(=O)C1=COCCC1. The lowest BCUT2D eigenvalue weighted by atomic mass is 9.98. The van der Waals surface area contributed by atoms with Crippen LogP contribution in [0.4, 0.5) is 0 Å². The maximum Gasteiger partial charge on any atom is 0.252 e. The number of amides is 1. The maximum atomic E-state index is 12.3. The molecule has 5 heteroatoms. The monoisotopic (exact) mass is 275 g/mol. The predicted octanol–water partition coefficient (Wildman–Crippen LogP) is 1.60. The molecule has 0 saturated heterocycles. The summed E-state index contributed by atoms with van der Waals surface area (Å²) in [5.74, 6) is 1.79. The van der Waals surface area contributed by atoms with E-state index in [4.69, 9.17) is 4.74 Å². The number of aromatic nitrogens is 2. The van der Waals surface area contributed by atoms with Crippen molar-refractivity contribution in [1.82, 2.24) is 14.5 Å². The van der Waals surface area contributed by atoms with Crippen LogP contribution >= 0.6 is 0 Å². The van der Waals surface area contributed by atoms with Crippen molar-refractivity contribution in [2.45, 2.75) is 32.2 Å². The molecule has 2 aliphatic heterocycles. The number of carbonyl (C=O) groups excluding carboxylic acids is 1. The number of imidazole rings is 1. The van der Waals surface area contributed by atoms with Crippen molar-refractivity contribution in [2.75, 3.05) is 20.2 Å². The van der Waals surface area contributed by atoms with Crippen LogP contribution in [-0.4, -0.2) is 40.6 Å². The molecule has 0 spiro atoms. The lowest BCUT2D eigenvalue weighted by Gasteiger charge is -2.29. The van der Waals surface area contributed by atoms with Gasteiger partial charge in [0.25, 0.3) is 5.91 Å². The fraction of sp³-hybridized carbons (Fsp3) is 0.600. The van der Waals surface area contributed by atoms with Crippen molar-refractivity contribution >= 4 is 5.91 Å². The second-order valence-electron chi connectivity index (χ2n) is 5.70. The van der Waals surface area contributed by atoms with Crippen molar-refractivity contribution in [1.29, 1.82) is 0 Å². The first-order valence-electron chi connectivity index (χ1n) is 7.30. The smallest absolute Gasteiger partial charge is 0.252 e. The molecule has 0 aliphatic carbocycles. The van der Waals surface area contributed by atoms with Crippen LogP contribution in [0.25, 0.3) is 0 Å². The van der Waals surface area contributed by atoms with Crippen LogP contribution in [-0.2, 0) is 22.5 Å². The van der Waals surface area contributed by atoms with E-state index in [1.54, 1.807) is 6.26 Å². The van der Waals surface area contributed by atoms with Crippen molar-refractivity contribution < 1.29 is 9.53 Å². The average molecular weight is 275 g/mol. The topological polar surface area (TPSA) is 47.4 Å². The van der Waals surface area contributed by atoms with Crippen molar-refractivity contribution in [3.8, 4) is 0 Å². The second kappa shape index (κ2) is 5.69. The van der Waals surface area contributed by atoms with E-state index in [9.17, 15) is 4.79 Å². The zero-order valence-electron chi connectivity index (χ0n) is 11.9. The minimum Gasteiger partial charge on any atom is -0.501 e. The molecule has 20 heavy (non-hydrogen) atoms. The van der Waals surface area contributed by atoms with E-state index in [2.05, 4.69) is 9.55 Å². The number of nitrogens with zero attached hydrogens (tertiary/aromatic N) is 3. The Morgan fingerprint density at radius 3 is 3.25 bits per heavy atom. The molecule has 1 atom stereocenters. The summed E-state index contributed by atoms with van der Waals surface area (Å²) < 4.78 is 7.46. The lowest BCUT2D eigenvalue weighted by molar-refractivity contribution is -0.127. The molecule has 0 fully saturated rings. The summed E-state index contributed by atoms with van der Waals surface area (Å²) in [6, 6.07) is 0. The maximum absolute atomic E-state index is 12.3. The number of hydrogen-bond acceptors (Lipinski definition) is 3. The van der Waals surface area contributed by atoms with Crippen molar-refractivity contribution in [2.24, 2.45) is 5.92 Å². The quantitative estimate of drug-likeness (QED) is 0.842. The van der Waals surface area contributed by atoms with Gasteiger partial charge in [0.1, 0.15) is 5.82 Å². The number of fused-ring (bicyclic) bond motifs is 1. The minimum absolute atomic E-state index is 0.112. The number of carbonyl (C=O) groups is 1. The van der Waals surface area contributed by atoms with Gasteiger partial charge in [-0.15, -0.1) is 0 Å². The van der Waals surface area contributed by atoms with Gasteiger partial charge < -0.3 is 14.2 Å². The molecule has 3 rings (SSSR count). The molecule has 0 saturated carbocycles. The molecule has 0 radical (unpaired) electrons. The van der Waals surface area contributed by atoms with Gasteiger partial charge in [0.15, 0.2) is 0 Å². The first-order valence-corrected chi connectivity index (χ1v) is 7.30. The van der Waals surface area contributed by atoms with Crippen molar-refractivity contribution in [3.05, 3.63) is 30.1 Å².